The second-order valence-corrected chi connectivity index (χ2v) is 7.15. The molecule has 2 aromatic carbocycles. The summed E-state index contributed by atoms with van der Waals surface area (Å²) in [6, 6.07) is 11.0. The highest BCUT2D eigenvalue weighted by Gasteiger charge is 2.43. The average Bonchev–Trinajstić information content (AvgIpc) is 3.03. The minimum absolute atomic E-state index is 0.0295. The summed E-state index contributed by atoms with van der Waals surface area (Å²) in [5.41, 5.74) is 1.94. The molecule has 0 fully saturated rings. The summed E-state index contributed by atoms with van der Waals surface area (Å²) >= 11 is 0. The molecule has 2 aliphatic heterocycles. The van der Waals surface area contributed by atoms with Gasteiger partial charge in [0.15, 0.2) is 0 Å². The Labute approximate surface area is 165 Å². The summed E-state index contributed by atoms with van der Waals surface area (Å²) in [6.07, 6.45) is -4.51. The van der Waals surface area contributed by atoms with E-state index in [4.69, 9.17) is 0 Å². The second-order valence-electron chi connectivity index (χ2n) is 7.15. The summed E-state index contributed by atoms with van der Waals surface area (Å²) in [6.45, 7) is 1.96. The van der Waals surface area contributed by atoms with Gasteiger partial charge in [0.05, 0.1) is 29.4 Å². The lowest BCUT2D eigenvalue weighted by atomic mass is 9.95. The number of carbonyl (C=O) groups excluding carboxylic acids is 2. The topological polar surface area (TPSA) is 52.7 Å². The number of hydrogen-bond donors (Lipinski definition) is 1. The van der Waals surface area contributed by atoms with Gasteiger partial charge in [0.2, 0.25) is 0 Å². The zero-order valence-electron chi connectivity index (χ0n) is 15.7. The van der Waals surface area contributed by atoms with E-state index in [1.165, 1.54) is 21.9 Å². The van der Waals surface area contributed by atoms with Crippen LogP contribution in [-0.4, -0.2) is 30.4 Å². The fraction of sp³-hybridized carbons (Fsp3) is 0.238. The van der Waals surface area contributed by atoms with Crippen molar-refractivity contribution in [3.63, 3.8) is 0 Å². The van der Waals surface area contributed by atoms with E-state index >= 15 is 0 Å². The van der Waals surface area contributed by atoms with Gasteiger partial charge >= 0.3 is 12.2 Å². The SMILES string of the molecule is Cc1ccc(C2NC(=O)N(C)C3=C2C(=O)N(c2cccc(C(F)(F)F)c2)C3)cc1. The van der Waals surface area contributed by atoms with Gasteiger partial charge in [0, 0.05) is 12.7 Å². The van der Waals surface area contributed by atoms with Crippen LogP contribution in [0.4, 0.5) is 23.7 Å². The smallest absolute Gasteiger partial charge is 0.327 e. The van der Waals surface area contributed by atoms with Crippen LogP contribution in [0.15, 0.2) is 59.8 Å². The van der Waals surface area contributed by atoms with Crippen LogP contribution in [0.2, 0.25) is 0 Å². The number of likely N-dealkylation sites (N-methyl/N-ethyl adjacent to an activating group) is 1. The minimum Gasteiger partial charge on any atom is -0.327 e. The molecule has 0 spiro atoms. The number of carbonyl (C=O) groups is 2. The first-order chi connectivity index (χ1) is 13.7. The van der Waals surface area contributed by atoms with E-state index < -0.39 is 23.7 Å². The number of halogens is 3. The van der Waals surface area contributed by atoms with Crippen molar-refractivity contribution in [2.24, 2.45) is 0 Å². The van der Waals surface area contributed by atoms with Crippen molar-refractivity contribution in [3.8, 4) is 0 Å². The third-order valence-electron chi connectivity index (χ3n) is 5.26. The largest absolute Gasteiger partial charge is 0.416 e. The molecular formula is C21H18F3N3O2. The van der Waals surface area contributed by atoms with E-state index in [9.17, 15) is 22.8 Å². The standard InChI is InChI=1S/C21H18F3N3O2/c1-12-6-8-13(9-7-12)18-17-16(26(2)20(29)25-18)11-27(19(17)28)15-5-3-4-14(10-15)21(22,23)24/h3-10,18H,11H2,1-2H3,(H,25,29). The molecule has 150 valence electrons. The summed E-state index contributed by atoms with van der Waals surface area (Å²) in [5.74, 6) is -0.420. The molecule has 1 unspecified atom stereocenters. The van der Waals surface area contributed by atoms with Crippen molar-refractivity contribution < 1.29 is 22.8 Å². The Balaban J connectivity index is 1.74. The molecule has 1 atom stereocenters. The maximum absolute atomic E-state index is 13.2. The van der Waals surface area contributed by atoms with E-state index in [-0.39, 0.29) is 18.3 Å². The number of rotatable bonds is 2. The molecule has 2 aromatic rings. The maximum Gasteiger partial charge on any atom is 0.416 e. The van der Waals surface area contributed by atoms with E-state index in [0.717, 1.165) is 23.3 Å². The van der Waals surface area contributed by atoms with Crippen LogP contribution >= 0.6 is 0 Å². The molecule has 0 aliphatic carbocycles. The lowest BCUT2D eigenvalue weighted by Gasteiger charge is -2.31. The van der Waals surface area contributed by atoms with E-state index in [0.29, 0.717) is 11.3 Å². The van der Waals surface area contributed by atoms with Gasteiger partial charge in [-0.05, 0) is 30.7 Å². The highest BCUT2D eigenvalue weighted by atomic mass is 19.4. The third-order valence-corrected chi connectivity index (χ3v) is 5.26. The van der Waals surface area contributed by atoms with Gasteiger partial charge in [-0.25, -0.2) is 4.79 Å². The minimum atomic E-state index is -4.51. The van der Waals surface area contributed by atoms with Crippen LogP contribution in [0.1, 0.15) is 22.7 Å². The van der Waals surface area contributed by atoms with Crippen molar-refractivity contribution >= 4 is 17.6 Å². The lowest BCUT2D eigenvalue weighted by Crippen LogP contribution is -2.45. The van der Waals surface area contributed by atoms with Crippen LogP contribution < -0.4 is 10.2 Å². The average molecular weight is 401 g/mol. The number of alkyl halides is 3. The Morgan fingerprint density at radius 2 is 1.76 bits per heavy atom. The van der Waals surface area contributed by atoms with E-state index in [1.54, 1.807) is 7.05 Å². The van der Waals surface area contributed by atoms with Crippen LogP contribution in [0.3, 0.4) is 0 Å². The Kier molecular flexibility index (Phi) is 4.37. The van der Waals surface area contributed by atoms with Crippen LogP contribution in [0, 0.1) is 6.92 Å². The molecule has 0 aromatic heterocycles. The van der Waals surface area contributed by atoms with Crippen LogP contribution in [0.25, 0.3) is 0 Å². The quantitative estimate of drug-likeness (QED) is 0.827. The summed E-state index contributed by atoms with van der Waals surface area (Å²) < 4.78 is 39.3. The molecule has 8 heteroatoms. The van der Waals surface area contributed by atoms with Crippen molar-refractivity contribution in [1.29, 1.82) is 0 Å². The molecule has 5 nitrogen and oxygen atoms in total. The van der Waals surface area contributed by atoms with Crippen molar-refractivity contribution in [1.82, 2.24) is 10.2 Å². The number of amides is 3. The first kappa shape index (κ1) is 19.0. The summed E-state index contributed by atoms with van der Waals surface area (Å²) in [4.78, 5) is 28.3. The highest BCUT2D eigenvalue weighted by molar-refractivity contribution is 6.11. The predicted molar refractivity (Wildman–Crippen MR) is 101 cm³/mol. The number of anilines is 1. The molecule has 2 aliphatic rings. The molecule has 0 bridgehead atoms. The van der Waals surface area contributed by atoms with Gasteiger partial charge in [-0.2, -0.15) is 13.2 Å². The highest BCUT2D eigenvalue weighted by Crippen LogP contribution is 2.39. The number of urea groups is 1. The lowest BCUT2D eigenvalue weighted by molar-refractivity contribution is -0.137. The molecule has 0 radical (unpaired) electrons. The first-order valence-electron chi connectivity index (χ1n) is 9.00. The fourth-order valence-electron chi connectivity index (χ4n) is 3.64. The normalized spacial score (nSPS) is 19.6. The maximum atomic E-state index is 13.2. The number of hydrogen-bond acceptors (Lipinski definition) is 2. The third kappa shape index (κ3) is 3.24. The number of nitrogens with zero attached hydrogens (tertiary/aromatic N) is 2. The van der Waals surface area contributed by atoms with E-state index in [2.05, 4.69) is 5.32 Å². The first-order valence-corrected chi connectivity index (χ1v) is 9.00. The number of nitrogens with one attached hydrogen (secondary N) is 1. The monoisotopic (exact) mass is 401 g/mol. The van der Waals surface area contributed by atoms with Gasteiger partial charge in [0.1, 0.15) is 0 Å². The zero-order chi connectivity index (χ0) is 20.9. The van der Waals surface area contributed by atoms with Crippen LogP contribution in [0.5, 0.6) is 0 Å². The molecule has 0 saturated carbocycles. The molecule has 2 heterocycles. The molecule has 0 saturated heterocycles. The Morgan fingerprint density at radius 3 is 2.41 bits per heavy atom. The zero-order valence-corrected chi connectivity index (χ0v) is 15.7. The van der Waals surface area contributed by atoms with Crippen molar-refractivity contribution in [2.45, 2.75) is 19.1 Å². The predicted octanol–water partition coefficient (Wildman–Crippen LogP) is 4.01. The van der Waals surface area contributed by atoms with E-state index in [1.807, 2.05) is 31.2 Å². The summed E-state index contributed by atoms with van der Waals surface area (Å²) in [5, 5.41) is 2.81. The Hall–Kier alpha value is -3.29. The van der Waals surface area contributed by atoms with Gasteiger partial charge in [-0.3, -0.25) is 9.69 Å². The van der Waals surface area contributed by atoms with Gasteiger partial charge in [-0.15, -0.1) is 0 Å². The fourth-order valence-corrected chi connectivity index (χ4v) is 3.64. The summed E-state index contributed by atoms with van der Waals surface area (Å²) in [7, 11) is 1.54. The number of aryl methyl sites for hydroxylation is 1. The molecule has 1 N–H and O–H groups in total. The molecule has 4 rings (SSSR count). The second kappa shape index (κ2) is 6.65. The Morgan fingerprint density at radius 1 is 1.07 bits per heavy atom. The van der Waals surface area contributed by atoms with Crippen LogP contribution in [-0.2, 0) is 11.0 Å². The number of benzene rings is 2. The van der Waals surface area contributed by atoms with Gasteiger partial charge < -0.3 is 10.2 Å². The molecule has 3 amide bonds. The molecule has 29 heavy (non-hydrogen) atoms. The molecular weight excluding hydrogens is 383 g/mol. The van der Waals surface area contributed by atoms with Gasteiger partial charge in [-0.1, -0.05) is 35.9 Å². The van der Waals surface area contributed by atoms with Crippen molar-refractivity contribution in [2.75, 3.05) is 18.5 Å². The van der Waals surface area contributed by atoms with Crippen molar-refractivity contribution in [3.05, 3.63) is 76.5 Å². The Bertz CT molecular complexity index is 1030. The van der Waals surface area contributed by atoms with Gasteiger partial charge in [0.25, 0.3) is 5.91 Å².